The van der Waals surface area contributed by atoms with Crippen LogP contribution in [-0.4, -0.2) is 10.7 Å². The summed E-state index contributed by atoms with van der Waals surface area (Å²) >= 11 is 0. The third kappa shape index (κ3) is 2.71. The maximum absolute atomic E-state index is 9.59. The van der Waals surface area contributed by atoms with Crippen molar-refractivity contribution in [3.8, 4) is 0 Å². The fourth-order valence-electron chi connectivity index (χ4n) is 1.53. The van der Waals surface area contributed by atoms with Gasteiger partial charge >= 0.3 is 0 Å². The van der Waals surface area contributed by atoms with Crippen LogP contribution in [0.3, 0.4) is 0 Å². The largest absolute Gasteiger partial charge is 0.390 e. The molecule has 1 N–H and O–H groups in total. The van der Waals surface area contributed by atoms with Crippen molar-refractivity contribution in [2.45, 2.75) is 31.3 Å². The summed E-state index contributed by atoms with van der Waals surface area (Å²) in [5.74, 6) is 0. The van der Waals surface area contributed by atoms with Crippen molar-refractivity contribution in [2.75, 3.05) is 0 Å². The van der Waals surface area contributed by atoms with Gasteiger partial charge in [-0.3, -0.25) is 0 Å². The van der Waals surface area contributed by atoms with Gasteiger partial charge < -0.3 is 5.11 Å². The first-order valence-corrected chi connectivity index (χ1v) is 5.23. The van der Waals surface area contributed by atoms with Crippen LogP contribution in [-0.2, 0) is 0 Å². The lowest BCUT2D eigenvalue weighted by atomic mass is 10.1. The summed E-state index contributed by atoms with van der Waals surface area (Å²) in [6.45, 7) is 0. The number of allylic oxidation sites excluding steroid dienone is 1. The molecule has 0 aliphatic heterocycles. The predicted molar refractivity (Wildman–Crippen MR) is 58.9 cm³/mol. The molecular weight excluding hydrogens is 172 g/mol. The lowest BCUT2D eigenvalue weighted by Gasteiger charge is -2.02. The van der Waals surface area contributed by atoms with Gasteiger partial charge in [0.05, 0.1) is 5.60 Å². The highest BCUT2D eigenvalue weighted by Crippen LogP contribution is 2.39. The molecule has 1 saturated carbocycles. The lowest BCUT2D eigenvalue weighted by Crippen LogP contribution is -2.04. The topological polar surface area (TPSA) is 20.2 Å². The fraction of sp³-hybridized carbons (Fsp3) is 0.385. The van der Waals surface area contributed by atoms with E-state index < -0.39 is 0 Å². The minimum Gasteiger partial charge on any atom is -0.390 e. The number of aliphatic hydroxyl groups is 1. The molecule has 0 bridgehead atoms. The maximum Gasteiger partial charge on any atom is 0.0652 e. The van der Waals surface area contributed by atoms with Gasteiger partial charge in [-0.05, 0) is 31.2 Å². The van der Waals surface area contributed by atoms with Crippen molar-refractivity contribution >= 4 is 6.08 Å². The first-order valence-electron chi connectivity index (χ1n) is 5.23. The van der Waals surface area contributed by atoms with E-state index in [1.807, 2.05) is 18.2 Å². The van der Waals surface area contributed by atoms with Crippen molar-refractivity contribution < 1.29 is 5.11 Å². The average Bonchev–Trinajstić information content (AvgIpc) is 2.94. The van der Waals surface area contributed by atoms with Crippen LogP contribution in [0.4, 0.5) is 0 Å². The zero-order chi connectivity index (χ0) is 9.86. The van der Waals surface area contributed by atoms with Gasteiger partial charge in [0.1, 0.15) is 0 Å². The molecule has 0 unspecified atom stereocenters. The Bertz CT molecular complexity index is 309. The molecule has 1 heteroatoms. The van der Waals surface area contributed by atoms with Gasteiger partial charge in [-0.1, -0.05) is 42.5 Å². The molecule has 0 spiro atoms. The van der Waals surface area contributed by atoms with Crippen LogP contribution in [0.1, 0.15) is 31.2 Å². The highest BCUT2D eigenvalue weighted by molar-refractivity contribution is 5.48. The molecule has 0 radical (unpaired) electrons. The molecule has 14 heavy (non-hydrogen) atoms. The molecule has 2 rings (SSSR count). The second-order valence-corrected chi connectivity index (χ2v) is 4.08. The van der Waals surface area contributed by atoms with Crippen molar-refractivity contribution in [3.63, 3.8) is 0 Å². The van der Waals surface area contributed by atoms with Crippen LogP contribution in [0.2, 0.25) is 0 Å². The maximum atomic E-state index is 9.59. The molecule has 74 valence electrons. The van der Waals surface area contributed by atoms with E-state index in [1.165, 1.54) is 5.56 Å². The molecule has 1 aliphatic rings. The zero-order valence-electron chi connectivity index (χ0n) is 8.32. The van der Waals surface area contributed by atoms with Crippen LogP contribution in [0, 0.1) is 0 Å². The lowest BCUT2D eigenvalue weighted by molar-refractivity contribution is 0.141. The molecular formula is C13H16O. The Morgan fingerprint density at radius 2 is 1.93 bits per heavy atom. The first-order chi connectivity index (χ1) is 6.79. The molecule has 0 heterocycles. The van der Waals surface area contributed by atoms with Gasteiger partial charge in [-0.25, -0.2) is 0 Å². The molecule has 1 nitrogen and oxygen atoms in total. The van der Waals surface area contributed by atoms with Crippen LogP contribution in [0.25, 0.3) is 6.08 Å². The van der Waals surface area contributed by atoms with E-state index in [9.17, 15) is 5.11 Å². The van der Waals surface area contributed by atoms with Gasteiger partial charge in [-0.2, -0.15) is 0 Å². The Kier molecular flexibility index (Phi) is 2.69. The Hall–Kier alpha value is -1.08. The number of hydrogen-bond acceptors (Lipinski definition) is 1. The van der Waals surface area contributed by atoms with E-state index >= 15 is 0 Å². The van der Waals surface area contributed by atoms with E-state index in [0.717, 1.165) is 25.7 Å². The van der Waals surface area contributed by atoms with E-state index in [2.05, 4.69) is 24.3 Å². The quantitative estimate of drug-likeness (QED) is 0.770. The van der Waals surface area contributed by atoms with Gasteiger partial charge in [0.25, 0.3) is 0 Å². The summed E-state index contributed by atoms with van der Waals surface area (Å²) in [6, 6.07) is 10.3. The van der Waals surface area contributed by atoms with E-state index in [-0.39, 0.29) is 5.60 Å². The molecule has 0 saturated heterocycles. The Labute approximate surface area is 85.1 Å². The highest BCUT2D eigenvalue weighted by atomic mass is 16.3. The summed E-state index contributed by atoms with van der Waals surface area (Å²) in [5, 5.41) is 9.59. The van der Waals surface area contributed by atoms with Crippen molar-refractivity contribution in [3.05, 3.63) is 42.0 Å². The van der Waals surface area contributed by atoms with Crippen LogP contribution in [0.5, 0.6) is 0 Å². The van der Waals surface area contributed by atoms with Crippen molar-refractivity contribution in [1.82, 2.24) is 0 Å². The third-order valence-electron chi connectivity index (χ3n) is 2.71. The molecule has 0 aromatic heterocycles. The standard InChI is InChI=1S/C13H16O/c14-13(10-11-13)9-5-4-8-12-6-2-1-3-7-12/h1-4,6-8,14H,5,9-11H2/b8-4+. The molecule has 0 atom stereocenters. The summed E-state index contributed by atoms with van der Waals surface area (Å²) in [6.07, 6.45) is 8.14. The summed E-state index contributed by atoms with van der Waals surface area (Å²) < 4.78 is 0. The highest BCUT2D eigenvalue weighted by Gasteiger charge is 2.38. The minimum absolute atomic E-state index is 0.305. The molecule has 0 amide bonds. The molecule has 1 aromatic rings. The predicted octanol–water partition coefficient (Wildman–Crippen LogP) is 3.00. The smallest absolute Gasteiger partial charge is 0.0652 e. The van der Waals surface area contributed by atoms with Crippen LogP contribution < -0.4 is 0 Å². The van der Waals surface area contributed by atoms with E-state index in [4.69, 9.17) is 0 Å². The Balaban J connectivity index is 1.77. The monoisotopic (exact) mass is 188 g/mol. The second kappa shape index (κ2) is 3.97. The zero-order valence-corrected chi connectivity index (χ0v) is 8.32. The van der Waals surface area contributed by atoms with Crippen LogP contribution >= 0.6 is 0 Å². The van der Waals surface area contributed by atoms with Gasteiger partial charge in [-0.15, -0.1) is 0 Å². The second-order valence-electron chi connectivity index (χ2n) is 4.08. The first kappa shape index (κ1) is 9.47. The summed E-state index contributed by atoms with van der Waals surface area (Å²) in [5.41, 5.74) is 0.927. The summed E-state index contributed by atoms with van der Waals surface area (Å²) in [7, 11) is 0. The van der Waals surface area contributed by atoms with Crippen molar-refractivity contribution in [1.29, 1.82) is 0 Å². The number of rotatable bonds is 4. The van der Waals surface area contributed by atoms with Crippen molar-refractivity contribution in [2.24, 2.45) is 0 Å². The Morgan fingerprint density at radius 1 is 1.21 bits per heavy atom. The van der Waals surface area contributed by atoms with Gasteiger partial charge in [0, 0.05) is 0 Å². The van der Waals surface area contributed by atoms with E-state index in [1.54, 1.807) is 0 Å². The third-order valence-corrected chi connectivity index (χ3v) is 2.71. The minimum atomic E-state index is -0.305. The fourth-order valence-corrected chi connectivity index (χ4v) is 1.53. The Morgan fingerprint density at radius 3 is 2.57 bits per heavy atom. The van der Waals surface area contributed by atoms with Gasteiger partial charge in [0.15, 0.2) is 0 Å². The molecule has 1 fully saturated rings. The molecule has 1 aliphatic carbocycles. The SMILES string of the molecule is OC1(CC/C=C/c2ccccc2)CC1. The summed E-state index contributed by atoms with van der Waals surface area (Å²) in [4.78, 5) is 0. The average molecular weight is 188 g/mol. The molecule has 1 aromatic carbocycles. The normalized spacial score (nSPS) is 18.6. The van der Waals surface area contributed by atoms with Gasteiger partial charge in [0.2, 0.25) is 0 Å². The van der Waals surface area contributed by atoms with E-state index in [0.29, 0.717) is 0 Å². The number of hydrogen-bond donors (Lipinski definition) is 1. The van der Waals surface area contributed by atoms with Crippen LogP contribution in [0.15, 0.2) is 36.4 Å². The number of benzene rings is 1.